The van der Waals surface area contributed by atoms with E-state index in [4.69, 9.17) is 10.5 Å². The van der Waals surface area contributed by atoms with Crippen molar-refractivity contribution < 1.29 is 9.53 Å². The summed E-state index contributed by atoms with van der Waals surface area (Å²) in [5, 5.41) is 2.50. The molecule has 0 saturated heterocycles. The van der Waals surface area contributed by atoms with Gasteiger partial charge < -0.3 is 10.5 Å². The normalized spacial score (nSPS) is 9.14. The number of nitrogens with one attached hydrogen (secondary N) is 1. The molecular formula is C10H11N2O2. The maximum Gasteiger partial charge on any atom is 0.411 e. The minimum absolute atomic E-state index is 0.178. The monoisotopic (exact) mass is 191 g/mol. The van der Waals surface area contributed by atoms with Gasteiger partial charge in [0.05, 0.1) is 0 Å². The molecule has 3 N–H and O–H groups in total. The fourth-order valence-corrected chi connectivity index (χ4v) is 0.851. The van der Waals surface area contributed by atoms with Crippen molar-refractivity contribution >= 4 is 17.5 Å². The first-order valence-electron chi connectivity index (χ1n) is 4.03. The van der Waals surface area contributed by atoms with E-state index in [1.54, 1.807) is 18.2 Å². The van der Waals surface area contributed by atoms with Crippen molar-refractivity contribution in [1.82, 2.24) is 0 Å². The quantitative estimate of drug-likeness (QED) is 0.565. The van der Waals surface area contributed by atoms with E-state index in [0.717, 1.165) is 0 Å². The van der Waals surface area contributed by atoms with Crippen LogP contribution in [-0.4, -0.2) is 12.7 Å². The predicted molar refractivity (Wildman–Crippen MR) is 54.9 cm³/mol. The minimum Gasteiger partial charge on any atom is -0.445 e. The number of hydrogen-bond acceptors (Lipinski definition) is 3. The summed E-state index contributed by atoms with van der Waals surface area (Å²) in [6, 6.07) is 7.61. The molecule has 0 atom stereocenters. The maximum absolute atomic E-state index is 11.0. The molecule has 0 bridgehead atoms. The summed E-state index contributed by atoms with van der Waals surface area (Å²) in [4.78, 5) is 11.0. The summed E-state index contributed by atoms with van der Waals surface area (Å²) in [7, 11) is 0. The zero-order chi connectivity index (χ0) is 10.4. The van der Waals surface area contributed by atoms with Crippen LogP contribution in [0.2, 0.25) is 0 Å². The first-order chi connectivity index (χ1) is 6.72. The van der Waals surface area contributed by atoms with Crippen LogP contribution in [0.15, 0.2) is 30.9 Å². The fourth-order valence-electron chi connectivity index (χ4n) is 0.851. The van der Waals surface area contributed by atoms with E-state index in [2.05, 4.69) is 18.0 Å². The van der Waals surface area contributed by atoms with E-state index in [9.17, 15) is 4.79 Å². The molecule has 4 nitrogen and oxygen atoms in total. The zero-order valence-corrected chi connectivity index (χ0v) is 7.62. The second kappa shape index (κ2) is 4.91. The van der Waals surface area contributed by atoms with Crippen molar-refractivity contribution in [2.45, 2.75) is 0 Å². The van der Waals surface area contributed by atoms with Crippen LogP contribution in [0, 0.1) is 6.07 Å². The molecule has 14 heavy (non-hydrogen) atoms. The average molecular weight is 191 g/mol. The van der Waals surface area contributed by atoms with Gasteiger partial charge >= 0.3 is 6.09 Å². The topological polar surface area (TPSA) is 64.3 Å². The second-order valence-electron chi connectivity index (χ2n) is 2.57. The Morgan fingerprint density at radius 3 is 3.14 bits per heavy atom. The molecule has 0 aliphatic heterocycles. The van der Waals surface area contributed by atoms with Gasteiger partial charge in [-0.25, -0.2) is 4.79 Å². The lowest BCUT2D eigenvalue weighted by molar-refractivity contribution is 0.174. The molecule has 0 fully saturated rings. The molecular weight excluding hydrogens is 180 g/mol. The number of anilines is 2. The Labute approximate surface area is 82.4 Å². The highest BCUT2D eigenvalue weighted by atomic mass is 16.5. The van der Waals surface area contributed by atoms with E-state index in [-0.39, 0.29) is 6.61 Å². The van der Waals surface area contributed by atoms with E-state index in [0.29, 0.717) is 11.4 Å². The summed E-state index contributed by atoms with van der Waals surface area (Å²) in [6.07, 6.45) is 0.953. The Morgan fingerprint density at radius 2 is 2.50 bits per heavy atom. The van der Waals surface area contributed by atoms with Gasteiger partial charge in [-0.3, -0.25) is 5.32 Å². The molecule has 1 radical (unpaired) electrons. The number of ether oxygens (including phenoxy) is 1. The highest BCUT2D eigenvalue weighted by molar-refractivity contribution is 5.85. The SMILES string of the molecule is C=CCOC(=O)Nc1c[c]cc(N)c1. The lowest BCUT2D eigenvalue weighted by atomic mass is 10.3. The number of carbonyl (C=O) groups excluding carboxylic acids is 1. The van der Waals surface area contributed by atoms with Crippen molar-refractivity contribution in [3.8, 4) is 0 Å². The fraction of sp³-hybridized carbons (Fsp3) is 0.100. The molecule has 1 aromatic rings. The van der Waals surface area contributed by atoms with E-state index < -0.39 is 6.09 Å². The number of amides is 1. The van der Waals surface area contributed by atoms with E-state index in [1.165, 1.54) is 6.08 Å². The minimum atomic E-state index is -0.538. The van der Waals surface area contributed by atoms with E-state index in [1.807, 2.05) is 0 Å². The number of rotatable bonds is 3. The Balaban J connectivity index is 2.51. The summed E-state index contributed by atoms with van der Waals surface area (Å²) in [5.74, 6) is 0. The molecule has 1 aromatic carbocycles. The summed E-state index contributed by atoms with van der Waals surface area (Å²) in [5.41, 5.74) is 6.58. The van der Waals surface area contributed by atoms with Crippen molar-refractivity contribution in [2.75, 3.05) is 17.7 Å². The number of hydrogen-bond donors (Lipinski definition) is 2. The van der Waals surface area contributed by atoms with Gasteiger partial charge in [0.25, 0.3) is 0 Å². The van der Waals surface area contributed by atoms with Crippen LogP contribution in [-0.2, 0) is 4.74 Å². The molecule has 0 unspecified atom stereocenters. The molecule has 73 valence electrons. The van der Waals surface area contributed by atoms with E-state index >= 15 is 0 Å². The van der Waals surface area contributed by atoms with Crippen LogP contribution in [0.25, 0.3) is 0 Å². The smallest absolute Gasteiger partial charge is 0.411 e. The molecule has 4 heteroatoms. The zero-order valence-electron chi connectivity index (χ0n) is 7.62. The summed E-state index contributed by atoms with van der Waals surface area (Å²) in [6.45, 7) is 3.60. The van der Waals surface area contributed by atoms with Gasteiger partial charge in [0.2, 0.25) is 0 Å². The molecule has 0 aromatic heterocycles. The van der Waals surface area contributed by atoms with Gasteiger partial charge in [-0.15, -0.1) is 0 Å². The third-order valence-corrected chi connectivity index (χ3v) is 1.39. The van der Waals surface area contributed by atoms with Crippen LogP contribution in [0.3, 0.4) is 0 Å². The first kappa shape index (κ1) is 10.1. The Bertz CT molecular complexity index is 337. The van der Waals surface area contributed by atoms with Crippen LogP contribution >= 0.6 is 0 Å². The number of carbonyl (C=O) groups is 1. The third kappa shape index (κ3) is 3.18. The lowest BCUT2D eigenvalue weighted by Gasteiger charge is -2.05. The van der Waals surface area contributed by atoms with Crippen molar-refractivity contribution in [1.29, 1.82) is 0 Å². The highest BCUT2D eigenvalue weighted by Crippen LogP contribution is 2.11. The van der Waals surface area contributed by atoms with Gasteiger partial charge in [0.15, 0.2) is 0 Å². The van der Waals surface area contributed by atoms with Crippen molar-refractivity contribution in [3.05, 3.63) is 36.9 Å². The van der Waals surface area contributed by atoms with Gasteiger partial charge in [-0.05, 0) is 24.3 Å². The number of nitrogen functional groups attached to an aromatic ring is 1. The van der Waals surface area contributed by atoms with Crippen LogP contribution in [0.1, 0.15) is 0 Å². The first-order valence-corrected chi connectivity index (χ1v) is 4.03. The Morgan fingerprint density at radius 1 is 1.71 bits per heavy atom. The summed E-state index contributed by atoms with van der Waals surface area (Å²) < 4.78 is 4.71. The van der Waals surface area contributed by atoms with Crippen LogP contribution < -0.4 is 11.1 Å². The Kier molecular flexibility index (Phi) is 3.55. The third-order valence-electron chi connectivity index (χ3n) is 1.39. The number of nitrogens with two attached hydrogens (primary N) is 1. The molecule has 0 aliphatic carbocycles. The molecule has 0 heterocycles. The van der Waals surface area contributed by atoms with Crippen LogP contribution in [0.5, 0.6) is 0 Å². The molecule has 1 amide bonds. The molecule has 0 aliphatic rings. The van der Waals surface area contributed by atoms with Crippen molar-refractivity contribution in [2.24, 2.45) is 0 Å². The average Bonchev–Trinajstić information content (AvgIpc) is 2.15. The van der Waals surface area contributed by atoms with Gasteiger partial charge in [0, 0.05) is 11.4 Å². The maximum atomic E-state index is 11.0. The molecule has 0 saturated carbocycles. The summed E-state index contributed by atoms with van der Waals surface area (Å²) >= 11 is 0. The van der Waals surface area contributed by atoms with Crippen LogP contribution in [0.4, 0.5) is 16.2 Å². The lowest BCUT2D eigenvalue weighted by Crippen LogP contribution is -2.13. The van der Waals surface area contributed by atoms with Crippen molar-refractivity contribution in [3.63, 3.8) is 0 Å². The standard InChI is InChI=1S/C10H11N2O2/c1-2-6-14-10(13)12-9-5-3-4-8(11)7-9/h2,4-5,7H,1,6,11H2,(H,12,13). The van der Waals surface area contributed by atoms with Gasteiger partial charge in [-0.2, -0.15) is 0 Å². The largest absolute Gasteiger partial charge is 0.445 e. The molecule has 0 spiro atoms. The second-order valence-corrected chi connectivity index (χ2v) is 2.57. The molecule has 1 rings (SSSR count). The van der Waals surface area contributed by atoms with Gasteiger partial charge in [0.1, 0.15) is 6.61 Å². The van der Waals surface area contributed by atoms with Gasteiger partial charge in [-0.1, -0.05) is 12.7 Å². The number of benzene rings is 1. The predicted octanol–water partition coefficient (Wildman–Crippen LogP) is 1.80. The highest BCUT2D eigenvalue weighted by Gasteiger charge is 2.01. The Hall–Kier alpha value is -1.97.